The number of anilines is 1. The van der Waals surface area contributed by atoms with E-state index in [0.29, 0.717) is 26.3 Å². The Balaban J connectivity index is 2.33. The summed E-state index contributed by atoms with van der Waals surface area (Å²) in [6.07, 6.45) is 0. The van der Waals surface area contributed by atoms with Crippen molar-refractivity contribution in [2.75, 3.05) is 5.32 Å². The molecule has 2 aromatic rings. The second-order valence-corrected chi connectivity index (χ2v) is 5.74. The van der Waals surface area contributed by atoms with Gasteiger partial charge in [-0.3, -0.25) is 4.79 Å². The predicted molar refractivity (Wildman–Crippen MR) is 85.0 cm³/mol. The fourth-order valence-corrected chi connectivity index (χ4v) is 2.50. The van der Waals surface area contributed by atoms with Crippen LogP contribution in [0.5, 0.6) is 5.75 Å². The van der Waals surface area contributed by atoms with Crippen LogP contribution in [0.4, 0.5) is 5.69 Å². The zero-order valence-electron chi connectivity index (χ0n) is 10.4. The van der Waals surface area contributed by atoms with E-state index in [1.165, 1.54) is 6.07 Å². The number of benzene rings is 2. The van der Waals surface area contributed by atoms with E-state index in [0.717, 1.165) is 0 Å². The van der Waals surface area contributed by atoms with E-state index in [2.05, 4.69) is 21.2 Å². The Morgan fingerprint density at radius 2 is 1.90 bits per heavy atom. The summed E-state index contributed by atoms with van der Waals surface area (Å²) in [4.78, 5) is 12.2. The molecule has 3 nitrogen and oxygen atoms in total. The smallest absolute Gasteiger partial charge is 0.256 e. The number of amides is 1. The third-order valence-electron chi connectivity index (χ3n) is 2.83. The molecule has 20 heavy (non-hydrogen) atoms. The van der Waals surface area contributed by atoms with Crippen molar-refractivity contribution < 1.29 is 9.90 Å². The monoisotopic (exact) mass is 373 g/mol. The van der Waals surface area contributed by atoms with Crippen molar-refractivity contribution in [1.82, 2.24) is 0 Å². The van der Waals surface area contributed by atoms with Crippen LogP contribution in [0.3, 0.4) is 0 Å². The molecule has 0 aliphatic carbocycles. The predicted octanol–water partition coefficient (Wildman–Crippen LogP) is 5.02. The van der Waals surface area contributed by atoms with Crippen molar-refractivity contribution in [2.45, 2.75) is 6.92 Å². The number of carbonyl (C=O) groups excluding carboxylic acids is 1. The molecular formula is C14H10BrCl2NO2. The molecule has 0 aromatic heterocycles. The van der Waals surface area contributed by atoms with Crippen LogP contribution in [0.25, 0.3) is 0 Å². The topological polar surface area (TPSA) is 49.3 Å². The lowest BCUT2D eigenvalue weighted by Gasteiger charge is -2.11. The SMILES string of the molecule is Cc1c(O)cccc1C(=O)Nc1ccc(Br)c(Cl)c1Cl. The zero-order valence-corrected chi connectivity index (χ0v) is 13.5. The lowest BCUT2D eigenvalue weighted by molar-refractivity contribution is 0.102. The first-order chi connectivity index (χ1) is 9.41. The molecular weight excluding hydrogens is 365 g/mol. The maximum Gasteiger partial charge on any atom is 0.256 e. The molecule has 2 aromatic carbocycles. The molecule has 6 heteroatoms. The fourth-order valence-electron chi connectivity index (χ4n) is 1.68. The second kappa shape index (κ2) is 6.04. The number of rotatable bonds is 2. The number of hydrogen-bond donors (Lipinski definition) is 2. The second-order valence-electron chi connectivity index (χ2n) is 4.13. The van der Waals surface area contributed by atoms with Crippen molar-refractivity contribution in [3.63, 3.8) is 0 Å². The minimum Gasteiger partial charge on any atom is -0.508 e. The van der Waals surface area contributed by atoms with E-state index in [-0.39, 0.29) is 16.7 Å². The molecule has 0 heterocycles. The number of hydrogen-bond acceptors (Lipinski definition) is 2. The quantitative estimate of drug-likeness (QED) is 0.725. The number of nitrogens with one attached hydrogen (secondary N) is 1. The summed E-state index contributed by atoms with van der Waals surface area (Å²) in [7, 11) is 0. The van der Waals surface area contributed by atoms with Gasteiger partial charge in [-0.05, 0) is 47.1 Å². The van der Waals surface area contributed by atoms with Crippen LogP contribution in [0.2, 0.25) is 10.0 Å². The summed E-state index contributed by atoms with van der Waals surface area (Å²) in [6, 6.07) is 8.09. The van der Waals surface area contributed by atoms with Crippen molar-refractivity contribution in [3.05, 3.63) is 56.0 Å². The largest absolute Gasteiger partial charge is 0.508 e. The highest BCUT2D eigenvalue weighted by molar-refractivity contribution is 9.10. The molecule has 0 saturated carbocycles. The minimum atomic E-state index is -0.362. The first kappa shape index (κ1) is 15.2. The Hall–Kier alpha value is -1.23. The van der Waals surface area contributed by atoms with Gasteiger partial charge in [0, 0.05) is 15.6 Å². The third kappa shape index (κ3) is 2.92. The van der Waals surface area contributed by atoms with Gasteiger partial charge in [0.25, 0.3) is 5.91 Å². The molecule has 0 aliphatic rings. The van der Waals surface area contributed by atoms with Crippen LogP contribution in [0, 0.1) is 6.92 Å². The molecule has 2 N–H and O–H groups in total. The Morgan fingerprint density at radius 3 is 2.60 bits per heavy atom. The molecule has 0 bridgehead atoms. The van der Waals surface area contributed by atoms with Gasteiger partial charge >= 0.3 is 0 Å². The molecule has 0 atom stereocenters. The molecule has 0 spiro atoms. The molecule has 0 unspecified atom stereocenters. The van der Waals surface area contributed by atoms with Gasteiger partial charge in [0.1, 0.15) is 5.75 Å². The number of phenols is 1. The van der Waals surface area contributed by atoms with Gasteiger partial charge in [-0.25, -0.2) is 0 Å². The van der Waals surface area contributed by atoms with Crippen LogP contribution < -0.4 is 5.32 Å². The fraction of sp³-hybridized carbons (Fsp3) is 0.0714. The van der Waals surface area contributed by atoms with Gasteiger partial charge in [-0.15, -0.1) is 0 Å². The van der Waals surface area contributed by atoms with Gasteiger partial charge in [0.15, 0.2) is 0 Å². The van der Waals surface area contributed by atoms with Crippen molar-refractivity contribution >= 4 is 50.7 Å². The number of phenolic OH excluding ortho intramolecular Hbond substituents is 1. The summed E-state index contributed by atoms with van der Waals surface area (Å²) < 4.78 is 0.649. The van der Waals surface area contributed by atoms with Gasteiger partial charge in [0.2, 0.25) is 0 Å². The first-order valence-electron chi connectivity index (χ1n) is 5.65. The molecule has 0 radical (unpaired) electrons. The van der Waals surface area contributed by atoms with Gasteiger partial charge in [-0.2, -0.15) is 0 Å². The van der Waals surface area contributed by atoms with E-state index in [1.54, 1.807) is 31.2 Å². The van der Waals surface area contributed by atoms with Crippen LogP contribution in [0.1, 0.15) is 15.9 Å². The molecule has 0 fully saturated rings. The van der Waals surface area contributed by atoms with Gasteiger partial charge in [-0.1, -0.05) is 29.3 Å². The van der Waals surface area contributed by atoms with E-state index in [9.17, 15) is 9.90 Å². The van der Waals surface area contributed by atoms with Crippen LogP contribution in [0.15, 0.2) is 34.8 Å². The van der Waals surface area contributed by atoms with Crippen molar-refractivity contribution in [2.24, 2.45) is 0 Å². The number of aromatic hydroxyl groups is 1. The molecule has 1 amide bonds. The van der Waals surface area contributed by atoms with E-state index in [4.69, 9.17) is 23.2 Å². The van der Waals surface area contributed by atoms with E-state index in [1.807, 2.05) is 0 Å². The average molecular weight is 375 g/mol. The summed E-state index contributed by atoms with van der Waals surface area (Å²) in [5.41, 5.74) is 1.29. The summed E-state index contributed by atoms with van der Waals surface area (Å²) in [5, 5.41) is 12.9. The number of carbonyl (C=O) groups is 1. The lowest BCUT2D eigenvalue weighted by Crippen LogP contribution is -2.13. The summed E-state index contributed by atoms with van der Waals surface area (Å²) in [6.45, 7) is 1.67. The highest BCUT2D eigenvalue weighted by Gasteiger charge is 2.15. The average Bonchev–Trinajstić information content (AvgIpc) is 2.42. The Bertz CT molecular complexity index is 689. The summed E-state index contributed by atoms with van der Waals surface area (Å²) in [5.74, 6) is -0.295. The van der Waals surface area contributed by atoms with Gasteiger partial charge in [0.05, 0.1) is 15.7 Å². The molecule has 0 saturated heterocycles. The molecule has 104 valence electrons. The van der Waals surface area contributed by atoms with E-state index >= 15 is 0 Å². The molecule has 0 aliphatic heterocycles. The highest BCUT2D eigenvalue weighted by Crippen LogP contribution is 2.36. The normalized spacial score (nSPS) is 10.4. The zero-order chi connectivity index (χ0) is 14.9. The maximum absolute atomic E-state index is 12.2. The Morgan fingerprint density at radius 1 is 1.20 bits per heavy atom. The minimum absolute atomic E-state index is 0.0672. The Labute approximate surface area is 134 Å². The van der Waals surface area contributed by atoms with Crippen molar-refractivity contribution in [1.29, 1.82) is 0 Å². The first-order valence-corrected chi connectivity index (χ1v) is 7.20. The van der Waals surface area contributed by atoms with Crippen LogP contribution in [-0.2, 0) is 0 Å². The summed E-state index contributed by atoms with van der Waals surface area (Å²) >= 11 is 15.3. The maximum atomic E-state index is 12.2. The third-order valence-corrected chi connectivity index (χ3v) is 4.60. The van der Waals surface area contributed by atoms with Gasteiger partial charge < -0.3 is 10.4 Å². The standard InChI is InChI=1S/C14H10BrCl2NO2/c1-7-8(3-2-4-11(7)19)14(20)18-10-6-5-9(15)12(16)13(10)17/h2-6,19H,1H3,(H,18,20). The van der Waals surface area contributed by atoms with E-state index < -0.39 is 0 Å². The Kier molecular flexibility index (Phi) is 4.58. The van der Waals surface area contributed by atoms with Crippen LogP contribution in [-0.4, -0.2) is 11.0 Å². The molecule has 2 rings (SSSR count). The van der Waals surface area contributed by atoms with Crippen LogP contribution >= 0.6 is 39.1 Å². The lowest BCUT2D eigenvalue weighted by atomic mass is 10.1. The highest BCUT2D eigenvalue weighted by atomic mass is 79.9. The number of halogens is 3. The van der Waals surface area contributed by atoms with Crippen molar-refractivity contribution in [3.8, 4) is 5.75 Å².